The zero-order chi connectivity index (χ0) is 17.1. The maximum atomic E-state index is 14.5. The third-order valence-corrected chi connectivity index (χ3v) is 3.71. The van der Waals surface area contributed by atoms with E-state index in [2.05, 4.69) is 9.72 Å². The normalized spacial score (nSPS) is 10.4. The molecule has 0 bridgehead atoms. The highest BCUT2D eigenvalue weighted by molar-refractivity contribution is 5.74. The maximum absolute atomic E-state index is 14.5. The maximum Gasteiger partial charge on any atom is 0.512 e. The number of hydrogen-bond acceptors (Lipinski definition) is 3. The molecule has 0 saturated carbocycles. The summed E-state index contributed by atoms with van der Waals surface area (Å²) in [6.45, 7) is 1.68. The molecule has 0 spiro atoms. The number of pyridine rings is 1. The molecule has 0 fully saturated rings. The summed E-state index contributed by atoms with van der Waals surface area (Å²) in [6.07, 6.45) is -0.00256. The lowest BCUT2D eigenvalue weighted by atomic mass is 9.98. The van der Waals surface area contributed by atoms with Gasteiger partial charge >= 0.3 is 6.16 Å². The number of halogens is 1. The summed E-state index contributed by atoms with van der Waals surface area (Å²) in [5, 5.41) is 8.74. The van der Waals surface area contributed by atoms with E-state index in [9.17, 15) is 9.18 Å². The molecule has 1 N–H and O–H groups in total. The second-order valence-electron chi connectivity index (χ2n) is 5.22. The fourth-order valence-electron chi connectivity index (χ4n) is 2.55. The van der Waals surface area contributed by atoms with Crippen molar-refractivity contribution < 1.29 is 19.0 Å². The Kier molecular flexibility index (Phi) is 4.24. The van der Waals surface area contributed by atoms with Gasteiger partial charge in [0.05, 0.1) is 0 Å². The highest BCUT2D eigenvalue weighted by atomic mass is 19.1. The predicted molar refractivity (Wildman–Crippen MR) is 88.5 cm³/mol. The summed E-state index contributed by atoms with van der Waals surface area (Å²) >= 11 is 0. The molecule has 0 atom stereocenters. The number of carbonyl (C=O) groups is 1. The van der Waals surface area contributed by atoms with Crippen molar-refractivity contribution in [3.05, 3.63) is 72.2 Å². The average Bonchev–Trinajstić information content (AvgIpc) is 2.57. The summed E-state index contributed by atoms with van der Waals surface area (Å²) in [5.41, 5.74) is 3.13. The molecule has 24 heavy (non-hydrogen) atoms. The highest BCUT2D eigenvalue weighted by Crippen LogP contribution is 2.31. The molecule has 0 amide bonds. The molecule has 5 heteroatoms. The molecule has 0 aliphatic heterocycles. The first-order valence-corrected chi connectivity index (χ1v) is 7.28. The van der Waals surface area contributed by atoms with E-state index >= 15 is 0 Å². The molecular formula is C19H14FNO3. The van der Waals surface area contributed by atoms with Crippen LogP contribution in [0.4, 0.5) is 9.18 Å². The van der Waals surface area contributed by atoms with Crippen LogP contribution in [0.3, 0.4) is 0 Å². The number of benzene rings is 2. The molecule has 120 valence electrons. The number of carboxylic acid groups (broad SMARTS) is 1. The van der Waals surface area contributed by atoms with E-state index < -0.39 is 6.16 Å². The first kappa shape index (κ1) is 15.7. The van der Waals surface area contributed by atoms with Crippen molar-refractivity contribution in [1.29, 1.82) is 0 Å². The molecule has 4 nitrogen and oxygen atoms in total. The Balaban J connectivity index is 2.02. The van der Waals surface area contributed by atoms with Crippen LogP contribution in [0.2, 0.25) is 0 Å². The second-order valence-corrected chi connectivity index (χ2v) is 5.22. The van der Waals surface area contributed by atoms with Crippen molar-refractivity contribution in [2.75, 3.05) is 0 Å². The van der Waals surface area contributed by atoms with E-state index in [0.717, 1.165) is 5.56 Å². The molecule has 0 radical (unpaired) electrons. The minimum Gasteiger partial charge on any atom is -0.449 e. The third kappa shape index (κ3) is 3.10. The van der Waals surface area contributed by atoms with Crippen molar-refractivity contribution in [2.45, 2.75) is 6.92 Å². The number of ether oxygens (including phenoxy) is 1. The molecule has 1 aromatic heterocycles. The van der Waals surface area contributed by atoms with Gasteiger partial charge in [-0.25, -0.2) is 14.2 Å². The van der Waals surface area contributed by atoms with Crippen molar-refractivity contribution >= 4 is 6.16 Å². The molecule has 0 unspecified atom stereocenters. The SMILES string of the molecule is Cc1c(-c2ccc(-c3ccccc3)c(F)c2)ccnc1OC(=O)O. The quantitative estimate of drug-likeness (QED) is 0.695. The Bertz CT molecular complexity index is 894. The van der Waals surface area contributed by atoms with Crippen molar-refractivity contribution in [3.63, 3.8) is 0 Å². The van der Waals surface area contributed by atoms with Crippen LogP contribution < -0.4 is 4.74 Å². The van der Waals surface area contributed by atoms with E-state index in [0.29, 0.717) is 22.3 Å². The topological polar surface area (TPSA) is 59.4 Å². The lowest BCUT2D eigenvalue weighted by molar-refractivity contribution is 0.142. The molecular weight excluding hydrogens is 309 g/mol. The summed E-state index contributed by atoms with van der Waals surface area (Å²) in [5.74, 6) is -0.358. The number of rotatable bonds is 3. The fraction of sp³-hybridized carbons (Fsp3) is 0.0526. The van der Waals surface area contributed by atoms with Crippen molar-refractivity contribution in [1.82, 2.24) is 4.98 Å². The number of aromatic nitrogens is 1. The van der Waals surface area contributed by atoms with Crippen molar-refractivity contribution in [3.8, 4) is 28.1 Å². The molecule has 2 aromatic carbocycles. The van der Waals surface area contributed by atoms with Crippen LogP contribution in [0.25, 0.3) is 22.3 Å². The summed E-state index contributed by atoms with van der Waals surface area (Å²) in [7, 11) is 0. The van der Waals surface area contributed by atoms with Gasteiger partial charge in [0.15, 0.2) is 0 Å². The Hall–Kier alpha value is -3.21. The third-order valence-electron chi connectivity index (χ3n) is 3.71. The molecule has 3 rings (SSSR count). The zero-order valence-electron chi connectivity index (χ0n) is 12.9. The molecule has 0 aliphatic rings. The number of hydrogen-bond donors (Lipinski definition) is 1. The fourth-order valence-corrected chi connectivity index (χ4v) is 2.55. The van der Waals surface area contributed by atoms with Crippen LogP contribution in [0, 0.1) is 12.7 Å². The van der Waals surface area contributed by atoms with Gasteiger partial charge in [-0.15, -0.1) is 0 Å². The van der Waals surface area contributed by atoms with E-state index in [4.69, 9.17) is 5.11 Å². The molecule has 0 saturated heterocycles. The van der Waals surface area contributed by atoms with Crippen LogP contribution in [0.15, 0.2) is 60.8 Å². The average molecular weight is 323 g/mol. The van der Waals surface area contributed by atoms with Crippen LogP contribution in [0.5, 0.6) is 5.88 Å². The number of nitrogens with zero attached hydrogens (tertiary/aromatic N) is 1. The lowest BCUT2D eigenvalue weighted by Crippen LogP contribution is -2.06. The van der Waals surface area contributed by atoms with Gasteiger partial charge < -0.3 is 9.84 Å². The van der Waals surface area contributed by atoms with E-state index in [-0.39, 0.29) is 11.7 Å². The minimum atomic E-state index is -1.44. The smallest absolute Gasteiger partial charge is 0.449 e. The Labute approximate surface area is 138 Å². The van der Waals surface area contributed by atoms with Gasteiger partial charge in [0.25, 0.3) is 0 Å². The second kappa shape index (κ2) is 6.50. The Morgan fingerprint density at radius 3 is 2.46 bits per heavy atom. The largest absolute Gasteiger partial charge is 0.512 e. The Morgan fingerprint density at radius 2 is 1.79 bits per heavy atom. The highest BCUT2D eigenvalue weighted by Gasteiger charge is 2.13. The molecule has 0 aliphatic carbocycles. The Morgan fingerprint density at radius 1 is 1.04 bits per heavy atom. The van der Waals surface area contributed by atoms with Crippen LogP contribution >= 0.6 is 0 Å². The van der Waals surface area contributed by atoms with Crippen LogP contribution in [0.1, 0.15) is 5.56 Å². The van der Waals surface area contributed by atoms with Gasteiger partial charge in [-0.3, -0.25) is 0 Å². The lowest BCUT2D eigenvalue weighted by Gasteiger charge is -2.11. The molecule has 1 heterocycles. The minimum absolute atomic E-state index is 0.00690. The van der Waals surface area contributed by atoms with E-state index in [1.54, 1.807) is 25.1 Å². The summed E-state index contributed by atoms with van der Waals surface area (Å²) in [4.78, 5) is 14.6. The van der Waals surface area contributed by atoms with Crippen LogP contribution in [-0.2, 0) is 0 Å². The summed E-state index contributed by atoms with van der Waals surface area (Å²) in [6, 6.07) is 15.9. The van der Waals surface area contributed by atoms with Gasteiger partial charge in [0.2, 0.25) is 5.88 Å². The standard InChI is InChI=1S/C19H14FNO3/c1-12-15(9-10-21-18(12)24-19(22)23)14-7-8-16(17(20)11-14)13-5-3-2-4-6-13/h2-11H,1H3,(H,22,23). The van der Waals surface area contributed by atoms with Gasteiger partial charge in [-0.05, 0) is 35.7 Å². The first-order valence-electron chi connectivity index (χ1n) is 7.28. The zero-order valence-corrected chi connectivity index (χ0v) is 12.9. The van der Waals surface area contributed by atoms with Crippen molar-refractivity contribution in [2.24, 2.45) is 0 Å². The summed E-state index contributed by atoms with van der Waals surface area (Å²) < 4.78 is 19.2. The van der Waals surface area contributed by atoms with Gasteiger partial charge in [0.1, 0.15) is 5.82 Å². The van der Waals surface area contributed by atoms with E-state index in [1.165, 1.54) is 12.3 Å². The van der Waals surface area contributed by atoms with E-state index in [1.807, 2.05) is 30.3 Å². The van der Waals surface area contributed by atoms with Gasteiger partial charge in [0, 0.05) is 17.3 Å². The molecule has 3 aromatic rings. The predicted octanol–water partition coefficient (Wildman–Crippen LogP) is 4.92. The monoisotopic (exact) mass is 323 g/mol. The van der Waals surface area contributed by atoms with Crippen LogP contribution in [-0.4, -0.2) is 16.2 Å². The first-order chi connectivity index (χ1) is 11.6. The van der Waals surface area contributed by atoms with Gasteiger partial charge in [-0.1, -0.05) is 42.5 Å². The van der Waals surface area contributed by atoms with Gasteiger partial charge in [-0.2, -0.15) is 0 Å².